The molecule has 0 unspecified atom stereocenters. The predicted molar refractivity (Wildman–Crippen MR) is 140 cm³/mol. The summed E-state index contributed by atoms with van der Waals surface area (Å²) < 4.78 is 38.3. The lowest BCUT2D eigenvalue weighted by Crippen LogP contribution is -2.42. The Morgan fingerprint density at radius 3 is 2.64 bits per heavy atom. The Bertz CT molecular complexity index is 1520. The molecule has 0 saturated carbocycles. The van der Waals surface area contributed by atoms with Crippen LogP contribution in [0.25, 0.3) is 16.6 Å². The van der Waals surface area contributed by atoms with Gasteiger partial charge in [-0.2, -0.15) is 13.9 Å². The Morgan fingerprint density at radius 2 is 1.95 bits per heavy atom. The molecular formula is C27H29F2N7O3. The van der Waals surface area contributed by atoms with Gasteiger partial charge in [-0.3, -0.25) is 4.79 Å². The molecule has 10 nitrogen and oxygen atoms in total. The Kier molecular flexibility index (Phi) is 6.79. The average molecular weight is 538 g/mol. The molecule has 5 rings (SSSR count). The molecule has 1 fully saturated rings. The molecule has 1 aliphatic heterocycles. The summed E-state index contributed by atoms with van der Waals surface area (Å²) >= 11 is 0. The highest BCUT2D eigenvalue weighted by Gasteiger charge is 2.44. The number of ether oxygens (including phenoxy) is 2. The zero-order valence-corrected chi connectivity index (χ0v) is 22.3. The van der Waals surface area contributed by atoms with Gasteiger partial charge >= 0.3 is 6.61 Å². The summed E-state index contributed by atoms with van der Waals surface area (Å²) in [6.45, 7) is 4.92. The minimum absolute atomic E-state index is 0.0495. The molecule has 12 heteroatoms. The van der Waals surface area contributed by atoms with E-state index in [1.54, 1.807) is 22.7 Å². The number of hydrogen-bond acceptors (Lipinski definition) is 8. The number of likely N-dealkylation sites (tertiary alicyclic amines) is 1. The second-order valence-electron chi connectivity index (χ2n) is 10.1. The summed E-state index contributed by atoms with van der Waals surface area (Å²) in [5, 5.41) is 7.78. The number of nitrogens with zero attached hydrogens (tertiary/aromatic N) is 6. The number of aromatic nitrogens is 5. The first-order chi connectivity index (χ1) is 18.5. The number of amides is 1. The van der Waals surface area contributed by atoms with E-state index in [1.165, 1.54) is 12.3 Å². The van der Waals surface area contributed by atoms with E-state index in [1.807, 2.05) is 52.0 Å². The molecule has 4 aromatic heterocycles. The van der Waals surface area contributed by atoms with Crippen LogP contribution in [0.1, 0.15) is 31.8 Å². The van der Waals surface area contributed by atoms with Crippen LogP contribution in [-0.4, -0.2) is 61.2 Å². The lowest BCUT2D eigenvalue weighted by molar-refractivity contribution is -0.128. The smallest absolute Gasteiger partial charge is 0.388 e. The maximum absolute atomic E-state index is 12.9. The summed E-state index contributed by atoms with van der Waals surface area (Å²) in [5.41, 5.74) is 2.41. The second kappa shape index (κ2) is 10.1. The molecule has 0 aliphatic carbocycles. The number of carbonyl (C=O) groups excluding carboxylic acids is 1. The number of rotatable bonds is 8. The fraction of sp³-hybridized carbons (Fsp3) is 0.370. The van der Waals surface area contributed by atoms with Gasteiger partial charge < -0.3 is 19.7 Å². The van der Waals surface area contributed by atoms with E-state index in [9.17, 15) is 13.6 Å². The van der Waals surface area contributed by atoms with Gasteiger partial charge in [-0.05, 0) is 33.8 Å². The fourth-order valence-corrected chi connectivity index (χ4v) is 4.69. The monoisotopic (exact) mass is 537 g/mol. The molecule has 5 heterocycles. The number of aryl methyl sites for hydroxylation is 2. The predicted octanol–water partition coefficient (Wildman–Crippen LogP) is 4.78. The molecule has 39 heavy (non-hydrogen) atoms. The van der Waals surface area contributed by atoms with Crippen LogP contribution in [0.15, 0.2) is 42.7 Å². The van der Waals surface area contributed by atoms with Crippen LogP contribution < -0.4 is 14.8 Å². The van der Waals surface area contributed by atoms with Gasteiger partial charge in [0.05, 0.1) is 18.3 Å². The summed E-state index contributed by atoms with van der Waals surface area (Å²) in [7, 11) is 1.78. The van der Waals surface area contributed by atoms with Crippen LogP contribution in [0.5, 0.6) is 11.6 Å². The third-order valence-electron chi connectivity index (χ3n) is 7.14. The first-order valence-electron chi connectivity index (χ1n) is 12.4. The van der Waals surface area contributed by atoms with Crippen molar-refractivity contribution in [3.63, 3.8) is 0 Å². The van der Waals surface area contributed by atoms with Crippen molar-refractivity contribution in [2.75, 3.05) is 19.0 Å². The van der Waals surface area contributed by atoms with Gasteiger partial charge in [0.15, 0.2) is 5.82 Å². The molecular weight excluding hydrogens is 508 g/mol. The van der Waals surface area contributed by atoms with E-state index in [0.717, 1.165) is 11.2 Å². The zero-order chi connectivity index (χ0) is 27.9. The minimum Gasteiger partial charge on any atom is -0.491 e. The van der Waals surface area contributed by atoms with Crippen LogP contribution in [0.4, 0.5) is 20.4 Å². The van der Waals surface area contributed by atoms with Crippen LogP contribution >= 0.6 is 0 Å². The van der Waals surface area contributed by atoms with Crippen LogP contribution in [0, 0.1) is 19.8 Å². The van der Waals surface area contributed by atoms with Gasteiger partial charge in [0.1, 0.15) is 17.4 Å². The van der Waals surface area contributed by atoms with E-state index in [4.69, 9.17) is 4.74 Å². The lowest BCUT2D eigenvalue weighted by Gasteiger charge is -2.33. The van der Waals surface area contributed by atoms with Crippen molar-refractivity contribution < 1.29 is 23.0 Å². The van der Waals surface area contributed by atoms with Crippen molar-refractivity contribution in [1.29, 1.82) is 0 Å². The maximum atomic E-state index is 12.9. The largest absolute Gasteiger partial charge is 0.491 e. The molecule has 4 aromatic rings. The molecule has 0 bridgehead atoms. The number of alkyl halides is 2. The molecule has 1 saturated heterocycles. The number of fused-ring (bicyclic) bond motifs is 1. The standard InChI is InChI=1S/C27H29F2N7O3/c1-15-8-22(32-16(2)31-15)33-23-10-19-7-6-17(13-36(19)34-23)20-11-24(39-26(28)29)30-12-21(20)38-14-18-9-25(37)35(5)27(18,3)4/h6-8,10-13,18,26H,9,14H2,1-5H3,(H,31,32,33,34)/t18-/m1/s1. The number of pyridine rings is 2. The van der Waals surface area contributed by atoms with Crippen molar-refractivity contribution in [2.24, 2.45) is 5.92 Å². The summed E-state index contributed by atoms with van der Waals surface area (Å²) in [4.78, 5) is 26.7. The van der Waals surface area contributed by atoms with Crippen LogP contribution in [0.2, 0.25) is 0 Å². The molecule has 1 aliphatic rings. The van der Waals surface area contributed by atoms with Gasteiger partial charge in [-0.25, -0.2) is 19.5 Å². The van der Waals surface area contributed by atoms with Crippen molar-refractivity contribution in [3.8, 4) is 22.8 Å². The molecule has 0 aromatic carbocycles. The Labute approximate surface area is 224 Å². The summed E-state index contributed by atoms with van der Waals surface area (Å²) in [6.07, 6.45) is 3.49. The average Bonchev–Trinajstić information content (AvgIpc) is 3.34. The number of nitrogens with one attached hydrogen (secondary N) is 1. The van der Waals surface area contributed by atoms with Crippen molar-refractivity contribution in [3.05, 3.63) is 54.2 Å². The fourth-order valence-electron chi connectivity index (χ4n) is 4.69. The Hall–Kier alpha value is -4.35. The van der Waals surface area contributed by atoms with Gasteiger partial charge in [-0.1, -0.05) is 6.07 Å². The quantitative estimate of drug-likeness (QED) is 0.342. The van der Waals surface area contributed by atoms with E-state index < -0.39 is 6.61 Å². The zero-order valence-electron chi connectivity index (χ0n) is 22.3. The molecule has 1 N–H and O–H groups in total. The lowest BCUT2D eigenvalue weighted by atomic mass is 9.89. The third-order valence-corrected chi connectivity index (χ3v) is 7.14. The van der Waals surface area contributed by atoms with E-state index in [2.05, 4.69) is 30.1 Å². The van der Waals surface area contributed by atoms with Crippen molar-refractivity contribution in [1.82, 2.24) is 29.5 Å². The maximum Gasteiger partial charge on any atom is 0.388 e. The summed E-state index contributed by atoms with van der Waals surface area (Å²) in [6, 6.07) is 8.79. The van der Waals surface area contributed by atoms with Gasteiger partial charge in [0.2, 0.25) is 11.8 Å². The molecule has 204 valence electrons. The van der Waals surface area contributed by atoms with Crippen LogP contribution in [0.3, 0.4) is 0 Å². The highest BCUT2D eigenvalue weighted by Crippen LogP contribution is 2.37. The van der Waals surface area contributed by atoms with Crippen molar-refractivity contribution >= 4 is 23.1 Å². The molecule has 1 atom stereocenters. The number of hydrogen-bond donors (Lipinski definition) is 1. The van der Waals surface area contributed by atoms with Gasteiger partial charge in [0, 0.05) is 66.1 Å². The molecule has 0 radical (unpaired) electrons. The first kappa shape index (κ1) is 26.3. The van der Waals surface area contributed by atoms with Gasteiger partial charge in [-0.15, -0.1) is 0 Å². The van der Waals surface area contributed by atoms with E-state index in [0.29, 0.717) is 40.8 Å². The number of halogens is 2. The number of anilines is 2. The SMILES string of the molecule is Cc1cc(Nc2cc3ccc(-c4cc(OC(F)F)ncc4OC[C@H]4CC(=O)N(C)C4(C)C)cn3n2)nc(C)n1. The van der Waals surface area contributed by atoms with Gasteiger partial charge in [0.25, 0.3) is 0 Å². The topological polar surface area (TPSA) is 107 Å². The number of carbonyl (C=O) groups is 1. The highest BCUT2D eigenvalue weighted by atomic mass is 19.3. The Balaban J connectivity index is 1.45. The van der Waals surface area contributed by atoms with Crippen LogP contribution in [-0.2, 0) is 4.79 Å². The normalized spacial score (nSPS) is 16.8. The third kappa shape index (κ3) is 5.45. The minimum atomic E-state index is -3.02. The second-order valence-corrected chi connectivity index (χ2v) is 10.1. The molecule has 1 amide bonds. The highest BCUT2D eigenvalue weighted by molar-refractivity contribution is 5.80. The van der Waals surface area contributed by atoms with E-state index >= 15 is 0 Å². The van der Waals surface area contributed by atoms with Crippen molar-refractivity contribution in [2.45, 2.75) is 46.3 Å². The first-order valence-corrected chi connectivity index (χ1v) is 12.4. The summed E-state index contributed by atoms with van der Waals surface area (Å²) in [5.74, 6) is 1.99. The Morgan fingerprint density at radius 1 is 1.15 bits per heavy atom. The molecule has 0 spiro atoms. The van der Waals surface area contributed by atoms with E-state index in [-0.39, 0.29) is 29.9 Å².